The van der Waals surface area contributed by atoms with Gasteiger partial charge in [0.25, 0.3) is 12.0 Å². The highest BCUT2D eigenvalue weighted by molar-refractivity contribution is 6.31. The zero-order valence-corrected chi connectivity index (χ0v) is 23.1. The van der Waals surface area contributed by atoms with Gasteiger partial charge < -0.3 is 10.1 Å². The second-order valence-electron chi connectivity index (χ2n) is 9.42. The lowest BCUT2D eigenvalue weighted by Gasteiger charge is -2.21. The fourth-order valence-electron chi connectivity index (χ4n) is 4.69. The van der Waals surface area contributed by atoms with Crippen LogP contribution in [-0.2, 0) is 11.8 Å². The largest absolute Gasteiger partial charge is 0.495 e. The molecule has 0 saturated carbocycles. The number of ether oxygens (including phenoxy) is 1. The lowest BCUT2D eigenvalue weighted by atomic mass is 10.0. The van der Waals surface area contributed by atoms with Crippen molar-refractivity contribution < 1.29 is 18.3 Å². The average Bonchev–Trinajstić information content (AvgIpc) is 3.58. The monoisotopic (exact) mass is 581 g/mol. The fraction of sp³-hybridized carbons (Fsp3) is 0.250. The molecule has 5 rings (SSSR count). The van der Waals surface area contributed by atoms with E-state index in [1.54, 1.807) is 28.9 Å². The Kier molecular flexibility index (Phi) is 7.84. The molecule has 3 aromatic heterocycles. The maximum absolute atomic E-state index is 13.5. The maximum Gasteiger partial charge on any atom is 0.283 e. The Balaban J connectivity index is 1.53. The molecule has 1 amide bonds. The molecule has 0 fully saturated rings. The third kappa shape index (κ3) is 5.68. The molecule has 0 saturated heterocycles. The number of rotatable bonds is 9. The smallest absolute Gasteiger partial charge is 0.283 e. The molecular weight excluding hydrogens is 556 g/mol. The summed E-state index contributed by atoms with van der Waals surface area (Å²) < 4.78 is 36.2. The summed E-state index contributed by atoms with van der Waals surface area (Å²) in [5.74, 6) is -0.0921. The number of carbonyl (C=O) groups is 1. The van der Waals surface area contributed by atoms with E-state index in [1.165, 1.54) is 28.6 Å². The van der Waals surface area contributed by atoms with Crippen molar-refractivity contribution in [1.82, 2.24) is 29.3 Å². The third-order valence-electron chi connectivity index (χ3n) is 6.58. The number of hydrogen-bond acceptors (Lipinski definition) is 6. The van der Waals surface area contributed by atoms with Gasteiger partial charge in [-0.25, -0.2) is 13.5 Å². The van der Waals surface area contributed by atoms with E-state index in [0.29, 0.717) is 40.4 Å². The van der Waals surface area contributed by atoms with Crippen LogP contribution in [0.3, 0.4) is 0 Å². The van der Waals surface area contributed by atoms with E-state index in [1.807, 2.05) is 32.3 Å². The van der Waals surface area contributed by atoms with Crippen molar-refractivity contribution in [1.29, 1.82) is 0 Å². The molecule has 212 valence electrons. The van der Waals surface area contributed by atoms with E-state index < -0.39 is 23.7 Å². The van der Waals surface area contributed by atoms with Gasteiger partial charge in [0, 0.05) is 46.5 Å². The number of hydrogen-bond donors (Lipinski definition) is 1. The van der Waals surface area contributed by atoms with Crippen LogP contribution in [0.25, 0.3) is 27.7 Å². The Labute approximate surface area is 238 Å². The van der Waals surface area contributed by atoms with Gasteiger partial charge in [0.05, 0.1) is 30.7 Å². The first-order valence-electron chi connectivity index (χ1n) is 12.7. The van der Waals surface area contributed by atoms with Crippen molar-refractivity contribution in [2.45, 2.75) is 32.2 Å². The Hall–Kier alpha value is -4.58. The number of nitrogens with one attached hydrogen (secondary N) is 1. The molecule has 0 spiro atoms. The van der Waals surface area contributed by atoms with Crippen molar-refractivity contribution >= 4 is 34.1 Å². The highest BCUT2D eigenvalue weighted by Crippen LogP contribution is 2.36. The molecule has 0 aliphatic carbocycles. The summed E-state index contributed by atoms with van der Waals surface area (Å²) in [6, 6.07) is 10.6. The number of alkyl halides is 2. The Morgan fingerprint density at radius 2 is 1.90 bits per heavy atom. The number of benzene rings is 2. The van der Waals surface area contributed by atoms with Crippen molar-refractivity contribution in [3.63, 3.8) is 0 Å². The van der Waals surface area contributed by atoms with Gasteiger partial charge in [0.2, 0.25) is 5.91 Å². The van der Waals surface area contributed by atoms with Gasteiger partial charge >= 0.3 is 0 Å². The fourth-order valence-corrected chi connectivity index (χ4v) is 4.86. The molecule has 13 heteroatoms. The molecule has 5 aromatic rings. The summed E-state index contributed by atoms with van der Waals surface area (Å²) in [6.45, 7) is 1.92. The maximum atomic E-state index is 13.5. The van der Waals surface area contributed by atoms with Gasteiger partial charge in [0.15, 0.2) is 0 Å². The van der Waals surface area contributed by atoms with Gasteiger partial charge in [-0.3, -0.25) is 18.8 Å². The van der Waals surface area contributed by atoms with E-state index in [2.05, 4.69) is 20.7 Å². The van der Waals surface area contributed by atoms with Crippen molar-refractivity contribution in [2.24, 2.45) is 7.05 Å². The Morgan fingerprint density at radius 3 is 2.61 bits per heavy atom. The van der Waals surface area contributed by atoms with Gasteiger partial charge in [-0.15, -0.1) is 5.10 Å². The normalized spacial score (nSPS) is 12.2. The van der Waals surface area contributed by atoms with E-state index in [4.69, 9.17) is 16.3 Å². The number of fused-ring (bicyclic) bond motifs is 1. The van der Waals surface area contributed by atoms with E-state index in [-0.39, 0.29) is 11.7 Å². The number of anilines is 1. The molecule has 0 radical (unpaired) electrons. The van der Waals surface area contributed by atoms with Gasteiger partial charge in [0.1, 0.15) is 17.5 Å². The van der Waals surface area contributed by atoms with Crippen LogP contribution in [0.15, 0.2) is 65.8 Å². The standard InChI is InChI=1S/C28H26ClF2N7O3/c1-4-5-24(28(40)32-18-7-8-21-16(10-18)13-36(2)34-21)37-15-25(41-3)20(12-26(37)39)19-11-17(29)6-9-23(19)38-14-22(27(30)31)33-35-38/h6-15,24,27H,4-5H2,1-3H3,(H,32,40). The number of carbonyl (C=O) groups excluding carboxylic acids is 1. The van der Waals surface area contributed by atoms with Crippen molar-refractivity contribution in [2.75, 3.05) is 12.4 Å². The first-order chi connectivity index (χ1) is 19.7. The number of pyridine rings is 1. The van der Waals surface area contributed by atoms with Crippen molar-refractivity contribution in [3.05, 3.63) is 82.1 Å². The lowest BCUT2D eigenvalue weighted by Crippen LogP contribution is -2.33. The number of nitrogens with zero attached hydrogens (tertiary/aromatic N) is 6. The van der Waals surface area contributed by atoms with E-state index in [9.17, 15) is 18.4 Å². The minimum absolute atomic E-state index is 0.271. The van der Waals surface area contributed by atoms with Gasteiger partial charge in [-0.05, 0) is 42.8 Å². The Bertz CT molecular complexity index is 1800. The van der Waals surface area contributed by atoms with Crippen LogP contribution in [0.5, 0.6) is 5.75 Å². The molecule has 2 aromatic carbocycles. The predicted octanol–water partition coefficient (Wildman–Crippen LogP) is 5.56. The van der Waals surface area contributed by atoms with Crippen LogP contribution >= 0.6 is 11.6 Å². The molecule has 3 heterocycles. The molecule has 10 nitrogen and oxygen atoms in total. The number of amides is 1. The van der Waals surface area contributed by atoms with E-state index >= 15 is 0 Å². The van der Waals surface area contributed by atoms with Crippen LogP contribution in [0.4, 0.5) is 14.5 Å². The molecule has 1 atom stereocenters. The van der Waals surface area contributed by atoms with E-state index in [0.717, 1.165) is 17.1 Å². The lowest BCUT2D eigenvalue weighted by molar-refractivity contribution is -0.119. The minimum atomic E-state index is -2.80. The highest BCUT2D eigenvalue weighted by atomic mass is 35.5. The van der Waals surface area contributed by atoms with Crippen LogP contribution in [0.2, 0.25) is 5.02 Å². The second-order valence-corrected chi connectivity index (χ2v) is 9.86. The molecular formula is C28H26ClF2N7O3. The number of aryl methyl sites for hydroxylation is 1. The van der Waals surface area contributed by atoms with Crippen LogP contribution < -0.4 is 15.6 Å². The molecule has 0 aliphatic heterocycles. The van der Waals surface area contributed by atoms with Crippen molar-refractivity contribution in [3.8, 4) is 22.6 Å². The number of methoxy groups -OCH3 is 1. The Morgan fingerprint density at radius 1 is 1.10 bits per heavy atom. The first kappa shape index (κ1) is 28.0. The van der Waals surface area contributed by atoms with Gasteiger partial charge in [-0.1, -0.05) is 30.2 Å². The van der Waals surface area contributed by atoms with Crippen LogP contribution in [0, 0.1) is 0 Å². The summed E-state index contributed by atoms with van der Waals surface area (Å²) >= 11 is 6.28. The minimum Gasteiger partial charge on any atom is -0.495 e. The average molecular weight is 582 g/mol. The zero-order chi connectivity index (χ0) is 29.3. The third-order valence-corrected chi connectivity index (χ3v) is 6.82. The highest BCUT2D eigenvalue weighted by Gasteiger charge is 2.24. The first-order valence-corrected chi connectivity index (χ1v) is 13.1. The SMILES string of the molecule is CCCC(C(=O)Nc1ccc2nn(C)cc2c1)n1cc(OC)c(-c2cc(Cl)ccc2-n2cc(C(F)F)nn2)cc1=O. The molecule has 1 N–H and O–H groups in total. The number of halogens is 3. The zero-order valence-electron chi connectivity index (χ0n) is 22.4. The topological polar surface area (TPSA) is 109 Å². The summed E-state index contributed by atoms with van der Waals surface area (Å²) in [5, 5.41) is 15.8. The molecule has 41 heavy (non-hydrogen) atoms. The quantitative estimate of drug-likeness (QED) is 0.244. The second kappa shape index (κ2) is 11.5. The molecule has 0 bridgehead atoms. The molecule has 1 unspecified atom stereocenters. The summed E-state index contributed by atoms with van der Waals surface area (Å²) in [4.78, 5) is 27.0. The summed E-state index contributed by atoms with van der Waals surface area (Å²) in [6.07, 6.45) is 2.65. The van der Waals surface area contributed by atoms with Gasteiger partial charge in [-0.2, -0.15) is 5.10 Å². The summed E-state index contributed by atoms with van der Waals surface area (Å²) in [7, 11) is 3.25. The number of aromatic nitrogens is 6. The predicted molar refractivity (Wildman–Crippen MR) is 151 cm³/mol. The van der Waals surface area contributed by atoms with Crippen LogP contribution in [0.1, 0.15) is 37.9 Å². The van der Waals surface area contributed by atoms with Crippen LogP contribution in [-0.4, -0.2) is 42.4 Å². The molecule has 0 aliphatic rings. The summed E-state index contributed by atoms with van der Waals surface area (Å²) in [5.41, 5.74) is 1.53.